The quantitative estimate of drug-likeness (QED) is 0.886. The molecular formula is C20H29N3O2. The smallest absolute Gasteiger partial charge is 0.317 e. The summed E-state index contributed by atoms with van der Waals surface area (Å²) in [5.41, 5.74) is 1.22. The van der Waals surface area contributed by atoms with Crippen molar-refractivity contribution in [3.63, 3.8) is 0 Å². The lowest BCUT2D eigenvalue weighted by Gasteiger charge is -2.33. The first-order chi connectivity index (χ1) is 12.3. The molecule has 1 aliphatic heterocycles. The minimum Gasteiger partial charge on any atom is -0.356 e. The number of hydrogen-bond acceptors (Lipinski definition) is 2. The SMILES string of the molecule is O=C1NCCCCCN(C(=O)NCCc2ccccc2)[C@H]2CCC[C@@H]12. The van der Waals surface area contributed by atoms with E-state index in [1.807, 2.05) is 23.1 Å². The van der Waals surface area contributed by atoms with E-state index in [0.29, 0.717) is 6.54 Å². The molecule has 2 fully saturated rings. The van der Waals surface area contributed by atoms with Gasteiger partial charge in [-0.25, -0.2) is 4.79 Å². The molecule has 1 aromatic rings. The van der Waals surface area contributed by atoms with Crippen LogP contribution >= 0.6 is 0 Å². The monoisotopic (exact) mass is 343 g/mol. The van der Waals surface area contributed by atoms with Crippen molar-refractivity contribution >= 4 is 11.9 Å². The Morgan fingerprint density at radius 2 is 1.96 bits per heavy atom. The van der Waals surface area contributed by atoms with Crippen molar-refractivity contribution < 1.29 is 9.59 Å². The van der Waals surface area contributed by atoms with Crippen molar-refractivity contribution in [2.75, 3.05) is 19.6 Å². The van der Waals surface area contributed by atoms with Gasteiger partial charge in [-0.15, -0.1) is 0 Å². The van der Waals surface area contributed by atoms with Gasteiger partial charge in [-0.2, -0.15) is 0 Å². The summed E-state index contributed by atoms with van der Waals surface area (Å²) in [6.45, 7) is 2.15. The van der Waals surface area contributed by atoms with Gasteiger partial charge in [-0.3, -0.25) is 4.79 Å². The Morgan fingerprint density at radius 1 is 1.12 bits per heavy atom. The van der Waals surface area contributed by atoms with Crippen LogP contribution < -0.4 is 10.6 Å². The number of fused-ring (bicyclic) bond motifs is 1. The zero-order chi connectivity index (χ0) is 17.5. The number of nitrogens with zero attached hydrogens (tertiary/aromatic N) is 1. The molecular weight excluding hydrogens is 314 g/mol. The molecule has 1 saturated heterocycles. The summed E-state index contributed by atoms with van der Waals surface area (Å²) in [7, 11) is 0. The maximum Gasteiger partial charge on any atom is 0.317 e. The number of carbonyl (C=O) groups is 2. The van der Waals surface area contributed by atoms with Gasteiger partial charge < -0.3 is 15.5 Å². The lowest BCUT2D eigenvalue weighted by atomic mass is 9.99. The van der Waals surface area contributed by atoms with Gasteiger partial charge in [-0.05, 0) is 44.1 Å². The zero-order valence-corrected chi connectivity index (χ0v) is 14.9. The maximum atomic E-state index is 12.8. The molecule has 1 heterocycles. The molecule has 2 aliphatic rings. The third-order valence-electron chi connectivity index (χ3n) is 5.39. The van der Waals surface area contributed by atoms with Crippen molar-refractivity contribution in [3.8, 4) is 0 Å². The van der Waals surface area contributed by atoms with Crippen LogP contribution in [-0.2, 0) is 11.2 Å². The van der Waals surface area contributed by atoms with E-state index in [-0.39, 0.29) is 23.9 Å². The summed E-state index contributed by atoms with van der Waals surface area (Å²) in [4.78, 5) is 27.1. The molecule has 1 aliphatic carbocycles. The molecule has 0 aromatic heterocycles. The third-order valence-corrected chi connectivity index (χ3v) is 5.39. The number of hydrogen-bond donors (Lipinski definition) is 2. The number of carbonyl (C=O) groups excluding carboxylic acids is 2. The van der Waals surface area contributed by atoms with Gasteiger partial charge in [0.2, 0.25) is 5.91 Å². The molecule has 0 spiro atoms. The van der Waals surface area contributed by atoms with Gasteiger partial charge in [0.15, 0.2) is 0 Å². The molecule has 0 radical (unpaired) electrons. The molecule has 0 bridgehead atoms. The summed E-state index contributed by atoms with van der Waals surface area (Å²) in [6, 6.07) is 10.2. The van der Waals surface area contributed by atoms with E-state index >= 15 is 0 Å². The second-order valence-electron chi connectivity index (χ2n) is 7.12. The third kappa shape index (κ3) is 4.74. The van der Waals surface area contributed by atoms with Crippen LogP contribution in [0.5, 0.6) is 0 Å². The Kier molecular flexibility index (Phi) is 6.31. The maximum absolute atomic E-state index is 12.8. The van der Waals surface area contributed by atoms with E-state index in [1.165, 1.54) is 5.56 Å². The second-order valence-corrected chi connectivity index (χ2v) is 7.12. The highest BCUT2D eigenvalue weighted by Crippen LogP contribution is 2.31. The van der Waals surface area contributed by atoms with Crippen molar-refractivity contribution in [2.24, 2.45) is 5.92 Å². The first kappa shape index (κ1) is 17.8. The molecule has 3 rings (SSSR count). The summed E-state index contributed by atoms with van der Waals surface area (Å²) in [5.74, 6) is 0.0875. The van der Waals surface area contributed by atoms with Crippen LogP contribution in [0.1, 0.15) is 44.1 Å². The molecule has 5 nitrogen and oxygen atoms in total. The van der Waals surface area contributed by atoms with Crippen LogP contribution in [0.15, 0.2) is 30.3 Å². The van der Waals surface area contributed by atoms with Gasteiger partial charge >= 0.3 is 6.03 Å². The van der Waals surface area contributed by atoms with Crippen LogP contribution in [0.2, 0.25) is 0 Å². The fourth-order valence-corrected chi connectivity index (χ4v) is 4.02. The molecule has 2 atom stereocenters. The second kappa shape index (κ2) is 8.88. The van der Waals surface area contributed by atoms with Crippen LogP contribution in [0, 0.1) is 5.92 Å². The highest BCUT2D eigenvalue weighted by molar-refractivity contribution is 5.81. The number of urea groups is 1. The molecule has 136 valence electrons. The van der Waals surface area contributed by atoms with Gasteiger partial charge in [-0.1, -0.05) is 36.8 Å². The Balaban J connectivity index is 1.60. The fraction of sp³-hybridized carbons (Fsp3) is 0.600. The van der Waals surface area contributed by atoms with Gasteiger partial charge in [0.05, 0.1) is 5.92 Å². The molecule has 1 aromatic carbocycles. The van der Waals surface area contributed by atoms with E-state index in [4.69, 9.17) is 0 Å². The molecule has 3 amide bonds. The Hall–Kier alpha value is -2.04. The molecule has 2 N–H and O–H groups in total. The lowest BCUT2D eigenvalue weighted by Crippen LogP contribution is -2.51. The van der Waals surface area contributed by atoms with E-state index in [1.54, 1.807) is 0 Å². The predicted octanol–water partition coefficient (Wildman–Crippen LogP) is 2.71. The van der Waals surface area contributed by atoms with Crippen LogP contribution in [0.3, 0.4) is 0 Å². The molecule has 25 heavy (non-hydrogen) atoms. The van der Waals surface area contributed by atoms with Gasteiger partial charge in [0.25, 0.3) is 0 Å². The topological polar surface area (TPSA) is 61.4 Å². The Labute approximate surface area is 150 Å². The van der Waals surface area contributed by atoms with Crippen molar-refractivity contribution in [2.45, 2.75) is 51.0 Å². The number of rotatable bonds is 3. The summed E-state index contributed by atoms with van der Waals surface area (Å²) >= 11 is 0. The zero-order valence-electron chi connectivity index (χ0n) is 14.9. The molecule has 1 saturated carbocycles. The Morgan fingerprint density at radius 3 is 2.80 bits per heavy atom. The fourth-order valence-electron chi connectivity index (χ4n) is 4.02. The van der Waals surface area contributed by atoms with Crippen molar-refractivity contribution in [1.82, 2.24) is 15.5 Å². The highest BCUT2D eigenvalue weighted by Gasteiger charge is 2.38. The summed E-state index contributed by atoms with van der Waals surface area (Å²) < 4.78 is 0. The first-order valence-corrected chi connectivity index (χ1v) is 9.62. The molecule has 5 heteroatoms. The normalized spacial score (nSPS) is 24.3. The predicted molar refractivity (Wildman–Crippen MR) is 98.2 cm³/mol. The average Bonchev–Trinajstić information content (AvgIpc) is 3.11. The van der Waals surface area contributed by atoms with Gasteiger partial charge in [0, 0.05) is 25.7 Å². The average molecular weight is 343 g/mol. The summed E-state index contributed by atoms with van der Waals surface area (Å²) in [6.07, 6.45) is 6.73. The minimum atomic E-state index is -0.0435. The standard InChI is InChI=1S/C20H29N3O2/c24-19-17-10-7-11-18(17)23(15-6-2-5-13-21-19)20(25)22-14-12-16-8-3-1-4-9-16/h1,3-4,8-9,17-18H,2,5-7,10-15H2,(H,21,24)(H,22,25)/t17-,18+/m1/s1. The number of benzene rings is 1. The van der Waals surface area contributed by atoms with Crippen LogP contribution in [-0.4, -0.2) is 42.5 Å². The first-order valence-electron chi connectivity index (χ1n) is 9.62. The lowest BCUT2D eigenvalue weighted by molar-refractivity contribution is -0.126. The van der Waals surface area contributed by atoms with E-state index < -0.39 is 0 Å². The number of amides is 3. The number of nitrogens with one attached hydrogen (secondary N) is 2. The minimum absolute atomic E-state index is 0.0128. The largest absolute Gasteiger partial charge is 0.356 e. The van der Waals surface area contributed by atoms with Crippen LogP contribution in [0.4, 0.5) is 4.79 Å². The van der Waals surface area contributed by atoms with Crippen LogP contribution in [0.25, 0.3) is 0 Å². The van der Waals surface area contributed by atoms with E-state index in [0.717, 1.165) is 58.0 Å². The highest BCUT2D eigenvalue weighted by atomic mass is 16.2. The molecule has 0 unspecified atom stereocenters. The Bertz CT molecular complexity index is 576. The van der Waals surface area contributed by atoms with Crippen molar-refractivity contribution in [3.05, 3.63) is 35.9 Å². The summed E-state index contributed by atoms with van der Waals surface area (Å²) in [5, 5.41) is 6.12. The van der Waals surface area contributed by atoms with Crippen molar-refractivity contribution in [1.29, 1.82) is 0 Å². The van der Waals surface area contributed by atoms with Gasteiger partial charge in [0.1, 0.15) is 0 Å². The van der Waals surface area contributed by atoms with E-state index in [9.17, 15) is 9.59 Å². The van der Waals surface area contributed by atoms with E-state index in [2.05, 4.69) is 22.8 Å².